The highest BCUT2D eigenvalue weighted by molar-refractivity contribution is 5.80. The third kappa shape index (κ3) is 25.0. The maximum Gasteiger partial charge on any atom is 0.310 e. The SMILES string of the molecule is C=CCCC[C@@H](C=O)CC(=O)OC(C)(C)C.C=CCCC[C@H](CC(=O)OC(C)(C)C)C(=O)OC(C)(C)C. The second-order valence-electron chi connectivity index (χ2n) is 12.1. The van der Waals surface area contributed by atoms with Crippen LogP contribution in [0.4, 0.5) is 0 Å². The van der Waals surface area contributed by atoms with Crippen LogP contribution >= 0.6 is 0 Å². The van der Waals surface area contributed by atoms with Crippen LogP contribution < -0.4 is 0 Å². The minimum absolute atomic E-state index is 0.0589. The van der Waals surface area contributed by atoms with E-state index in [0.29, 0.717) is 6.42 Å². The van der Waals surface area contributed by atoms with Crippen LogP contribution in [0.3, 0.4) is 0 Å². The van der Waals surface area contributed by atoms with E-state index in [1.807, 2.05) is 68.4 Å². The summed E-state index contributed by atoms with van der Waals surface area (Å²) in [6.45, 7) is 23.6. The van der Waals surface area contributed by atoms with Gasteiger partial charge in [0.15, 0.2) is 0 Å². The van der Waals surface area contributed by atoms with Crippen molar-refractivity contribution >= 4 is 24.2 Å². The van der Waals surface area contributed by atoms with E-state index < -0.39 is 22.7 Å². The Bertz CT molecular complexity index is 718. The number of carbonyl (C=O) groups is 4. The van der Waals surface area contributed by atoms with Crippen molar-refractivity contribution in [3.8, 4) is 0 Å². The van der Waals surface area contributed by atoms with Gasteiger partial charge < -0.3 is 19.0 Å². The fourth-order valence-corrected chi connectivity index (χ4v) is 3.12. The highest BCUT2D eigenvalue weighted by Gasteiger charge is 2.29. The van der Waals surface area contributed by atoms with Gasteiger partial charge in [0.2, 0.25) is 0 Å². The standard InChI is InChI=1S/C17H30O4.C13H22O3/c1-8-9-10-11-13(15(19)21-17(5,6)7)12-14(18)20-16(2,3)4;1-5-6-7-8-11(10-14)9-12(15)16-13(2,3)4/h8,13H,1,9-12H2,2-7H3;5,10-11H,1,6-9H2,2-4H3/t13-;11-/m11/s1. The number of allylic oxidation sites excluding steroid dienone is 2. The normalized spacial score (nSPS) is 13.2. The molecule has 0 N–H and O–H groups in total. The van der Waals surface area contributed by atoms with Gasteiger partial charge in [-0.2, -0.15) is 0 Å². The summed E-state index contributed by atoms with van der Waals surface area (Å²) in [5.41, 5.74) is -1.58. The largest absolute Gasteiger partial charge is 0.460 e. The van der Waals surface area contributed by atoms with Crippen molar-refractivity contribution in [2.24, 2.45) is 11.8 Å². The first-order valence-corrected chi connectivity index (χ1v) is 13.2. The fourth-order valence-electron chi connectivity index (χ4n) is 3.12. The summed E-state index contributed by atoms with van der Waals surface area (Å²) in [7, 11) is 0. The van der Waals surface area contributed by atoms with Gasteiger partial charge in [0, 0.05) is 5.92 Å². The summed E-state index contributed by atoms with van der Waals surface area (Å²) in [6.07, 6.45) is 9.39. The molecule has 0 aromatic carbocycles. The van der Waals surface area contributed by atoms with Gasteiger partial charge >= 0.3 is 17.9 Å². The highest BCUT2D eigenvalue weighted by Crippen LogP contribution is 2.21. The number of ether oxygens (including phenoxy) is 3. The van der Waals surface area contributed by atoms with Crippen molar-refractivity contribution in [1.82, 2.24) is 0 Å². The fraction of sp³-hybridized carbons (Fsp3) is 0.733. The number of rotatable bonds is 14. The van der Waals surface area contributed by atoms with Crippen LogP contribution in [0.25, 0.3) is 0 Å². The van der Waals surface area contributed by atoms with Gasteiger partial charge in [0.25, 0.3) is 0 Å². The zero-order chi connectivity index (χ0) is 29.3. The lowest BCUT2D eigenvalue weighted by molar-refractivity contribution is -0.167. The van der Waals surface area contributed by atoms with E-state index in [1.54, 1.807) is 6.08 Å². The summed E-state index contributed by atoms with van der Waals surface area (Å²) in [6, 6.07) is 0. The van der Waals surface area contributed by atoms with E-state index in [2.05, 4.69) is 13.2 Å². The average molecular weight is 525 g/mol. The third-order valence-electron chi connectivity index (χ3n) is 4.56. The van der Waals surface area contributed by atoms with Crippen LogP contribution in [0, 0.1) is 11.8 Å². The summed E-state index contributed by atoms with van der Waals surface area (Å²) in [5, 5.41) is 0. The number of aldehydes is 1. The number of hydrogen-bond acceptors (Lipinski definition) is 7. The molecule has 214 valence electrons. The quantitative estimate of drug-likeness (QED) is 0.0799. The molecule has 0 unspecified atom stereocenters. The predicted molar refractivity (Wildman–Crippen MR) is 148 cm³/mol. The molecule has 0 aliphatic heterocycles. The predicted octanol–water partition coefficient (Wildman–Crippen LogP) is 6.92. The topological polar surface area (TPSA) is 96.0 Å². The minimum atomic E-state index is -0.554. The summed E-state index contributed by atoms with van der Waals surface area (Å²) >= 11 is 0. The molecule has 0 aromatic rings. The van der Waals surface area contributed by atoms with Crippen LogP contribution in [0.2, 0.25) is 0 Å². The van der Waals surface area contributed by atoms with Gasteiger partial charge in [-0.15, -0.1) is 13.2 Å². The Hall–Kier alpha value is -2.44. The number of hydrogen-bond donors (Lipinski definition) is 0. The van der Waals surface area contributed by atoms with E-state index in [1.165, 1.54) is 0 Å². The van der Waals surface area contributed by atoms with E-state index in [4.69, 9.17) is 14.2 Å². The van der Waals surface area contributed by atoms with Crippen molar-refractivity contribution in [1.29, 1.82) is 0 Å². The maximum atomic E-state index is 12.2. The molecule has 7 nitrogen and oxygen atoms in total. The van der Waals surface area contributed by atoms with Gasteiger partial charge in [-0.3, -0.25) is 14.4 Å². The first kappa shape index (κ1) is 36.7. The van der Waals surface area contributed by atoms with Gasteiger partial charge in [-0.25, -0.2) is 0 Å². The van der Waals surface area contributed by atoms with Crippen LogP contribution in [-0.4, -0.2) is 41.0 Å². The van der Waals surface area contributed by atoms with E-state index in [0.717, 1.165) is 38.4 Å². The number of esters is 3. The van der Waals surface area contributed by atoms with Crippen LogP contribution in [0.5, 0.6) is 0 Å². The first-order chi connectivity index (χ1) is 16.8. The van der Waals surface area contributed by atoms with Crippen molar-refractivity contribution in [2.45, 2.75) is 130 Å². The molecule has 0 aliphatic carbocycles. The summed E-state index contributed by atoms with van der Waals surface area (Å²) in [5.74, 6) is -1.69. The molecular formula is C30H52O7. The molecular weight excluding hydrogens is 472 g/mol. The Morgan fingerprint density at radius 3 is 1.46 bits per heavy atom. The molecule has 0 amide bonds. The lowest BCUT2D eigenvalue weighted by Gasteiger charge is -2.25. The van der Waals surface area contributed by atoms with Crippen molar-refractivity contribution in [3.63, 3.8) is 0 Å². The second kappa shape index (κ2) is 17.9. The monoisotopic (exact) mass is 524 g/mol. The smallest absolute Gasteiger partial charge is 0.310 e. The van der Waals surface area contributed by atoms with E-state index >= 15 is 0 Å². The summed E-state index contributed by atoms with van der Waals surface area (Å²) < 4.78 is 15.8. The van der Waals surface area contributed by atoms with Gasteiger partial charge in [0.1, 0.15) is 23.1 Å². The molecule has 7 heteroatoms. The van der Waals surface area contributed by atoms with Crippen molar-refractivity contribution in [2.75, 3.05) is 0 Å². The Morgan fingerprint density at radius 2 is 1.08 bits per heavy atom. The van der Waals surface area contributed by atoms with Gasteiger partial charge in [-0.1, -0.05) is 12.2 Å². The third-order valence-corrected chi connectivity index (χ3v) is 4.56. The van der Waals surface area contributed by atoms with Crippen LogP contribution in [-0.2, 0) is 33.4 Å². The molecule has 0 rings (SSSR count). The molecule has 0 aromatic heterocycles. The van der Waals surface area contributed by atoms with Crippen LogP contribution in [0.15, 0.2) is 25.3 Å². The minimum Gasteiger partial charge on any atom is -0.460 e. The molecule has 0 fully saturated rings. The lowest BCUT2D eigenvalue weighted by Crippen LogP contribution is -2.32. The second-order valence-corrected chi connectivity index (χ2v) is 12.1. The highest BCUT2D eigenvalue weighted by atomic mass is 16.6. The zero-order valence-corrected chi connectivity index (χ0v) is 24.8. The van der Waals surface area contributed by atoms with Gasteiger partial charge in [-0.05, 0) is 101 Å². The molecule has 0 heterocycles. The van der Waals surface area contributed by atoms with Gasteiger partial charge in [0.05, 0.1) is 18.8 Å². The maximum absolute atomic E-state index is 12.2. The zero-order valence-electron chi connectivity index (χ0n) is 24.8. The number of unbranched alkanes of at least 4 members (excludes halogenated alkanes) is 2. The first-order valence-electron chi connectivity index (χ1n) is 13.2. The van der Waals surface area contributed by atoms with Crippen LogP contribution in [0.1, 0.15) is 114 Å². The Morgan fingerprint density at radius 1 is 0.676 bits per heavy atom. The van der Waals surface area contributed by atoms with Crippen molar-refractivity contribution < 1.29 is 33.4 Å². The Labute approximate surface area is 225 Å². The Kier molecular flexibility index (Phi) is 17.8. The molecule has 0 radical (unpaired) electrons. The lowest BCUT2D eigenvalue weighted by atomic mass is 9.98. The van der Waals surface area contributed by atoms with E-state index in [-0.39, 0.29) is 36.7 Å². The van der Waals surface area contributed by atoms with E-state index in [9.17, 15) is 19.2 Å². The molecule has 0 aliphatic rings. The average Bonchev–Trinajstić information content (AvgIpc) is 2.69. The summed E-state index contributed by atoms with van der Waals surface area (Å²) in [4.78, 5) is 46.3. The molecule has 37 heavy (non-hydrogen) atoms. The molecule has 0 saturated carbocycles. The Balaban J connectivity index is 0. The molecule has 2 atom stereocenters. The molecule has 0 bridgehead atoms. The number of carbonyl (C=O) groups excluding carboxylic acids is 4. The van der Waals surface area contributed by atoms with Crippen molar-refractivity contribution in [3.05, 3.63) is 25.3 Å². The molecule has 0 spiro atoms. The molecule has 0 saturated heterocycles.